The van der Waals surface area contributed by atoms with Crippen molar-refractivity contribution >= 4 is 17.2 Å². The van der Waals surface area contributed by atoms with Gasteiger partial charge in [0.2, 0.25) is 5.91 Å². The van der Waals surface area contributed by atoms with Crippen molar-refractivity contribution in [2.75, 3.05) is 6.54 Å². The molecule has 1 heterocycles. The molecule has 1 aromatic carbocycles. The van der Waals surface area contributed by atoms with Gasteiger partial charge in [-0.1, -0.05) is 36.2 Å². The summed E-state index contributed by atoms with van der Waals surface area (Å²) in [5, 5.41) is 4.20. The average Bonchev–Trinajstić information content (AvgIpc) is 3.21. The van der Waals surface area contributed by atoms with E-state index in [2.05, 4.69) is 36.5 Å². The van der Waals surface area contributed by atoms with Crippen LogP contribution in [0.25, 0.3) is 10.6 Å². The quantitative estimate of drug-likeness (QED) is 0.850. The molecule has 134 valence electrons. The number of hydrogen-bond donors (Lipinski definition) is 2. The first-order chi connectivity index (χ1) is 12.0. The molecule has 0 spiro atoms. The second kappa shape index (κ2) is 7.67. The lowest BCUT2D eigenvalue weighted by Gasteiger charge is -2.20. The predicted octanol–water partition coefficient (Wildman–Crippen LogP) is 3.98. The number of nitrogens with zero attached hydrogens (tertiary/aromatic N) is 1. The Labute approximate surface area is 153 Å². The van der Waals surface area contributed by atoms with E-state index in [1.807, 2.05) is 13.8 Å². The van der Waals surface area contributed by atoms with Gasteiger partial charge < -0.3 is 11.1 Å². The molecule has 2 aromatic rings. The fourth-order valence-corrected chi connectivity index (χ4v) is 4.75. The van der Waals surface area contributed by atoms with E-state index in [9.17, 15) is 4.79 Å². The Balaban J connectivity index is 1.73. The van der Waals surface area contributed by atoms with Gasteiger partial charge in [-0.2, -0.15) is 0 Å². The van der Waals surface area contributed by atoms with Gasteiger partial charge in [0.1, 0.15) is 5.01 Å². The van der Waals surface area contributed by atoms with E-state index in [0.29, 0.717) is 12.5 Å². The lowest BCUT2D eigenvalue weighted by Crippen LogP contribution is -2.36. The minimum atomic E-state index is -0.0248. The van der Waals surface area contributed by atoms with Crippen LogP contribution in [0.3, 0.4) is 0 Å². The first kappa shape index (κ1) is 18.1. The smallest absolute Gasteiger partial charge is 0.223 e. The van der Waals surface area contributed by atoms with Crippen LogP contribution < -0.4 is 11.1 Å². The maximum absolute atomic E-state index is 12.6. The molecule has 1 amide bonds. The van der Waals surface area contributed by atoms with E-state index in [0.717, 1.165) is 40.4 Å². The van der Waals surface area contributed by atoms with E-state index in [1.54, 1.807) is 11.3 Å². The minimum absolute atomic E-state index is 0.0248. The summed E-state index contributed by atoms with van der Waals surface area (Å²) >= 11 is 1.67. The molecule has 1 fully saturated rings. The van der Waals surface area contributed by atoms with Crippen LogP contribution in [0.2, 0.25) is 0 Å². The van der Waals surface area contributed by atoms with Gasteiger partial charge in [0.05, 0.1) is 16.6 Å². The Morgan fingerprint density at radius 1 is 1.32 bits per heavy atom. The number of nitrogens with one attached hydrogen (secondary N) is 1. The van der Waals surface area contributed by atoms with E-state index in [-0.39, 0.29) is 17.9 Å². The molecule has 1 aliphatic carbocycles. The van der Waals surface area contributed by atoms with Crippen molar-refractivity contribution in [1.82, 2.24) is 10.3 Å². The van der Waals surface area contributed by atoms with Crippen LogP contribution in [0.1, 0.15) is 48.4 Å². The average molecular weight is 358 g/mol. The van der Waals surface area contributed by atoms with Crippen LogP contribution in [0.5, 0.6) is 0 Å². The molecular formula is C20H27N3OS. The van der Waals surface area contributed by atoms with Crippen molar-refractivity contribution in [2.24, 2.45) is 17.6 Å². The maximum atomic E-state index is 12.6. The summed E-state index contributed by atoms with van der Waals surface area (Å²) in [5.74, 6) is 0.542. The fraction of sp³-hybridized carbons (Fsp3) is 0.500. The zero-order chi connectivity index (χ0) is 18.0. The molecule has 5 heteroatoms. The zero-order valence-electron chi connectivity index (χ0n) is 15.2. The van der Waals surface area contributed by atoms with Crippen molar-refractivity contribution in [3.8, 4) is 10.6 Å². The Hall–Kier alpha value is -1.72. The molecule has 3 rings (SSSR count). The molecule has 1 saturated carbocycles. The topological polar surface area (TPSA) is 68.0 Å². The molecule has 1 unspecified atom stereocenters. The number of carbonyl (C=O) groups excluding carboxylic acids is 1. The number of benzene rings is 1. The van der Waals surface area contributed by atoms with Gasteiger partial charge in [0.15, 0.2) is 0 Å². The Morgan fingerprint density at radius 3 is 2.72 bits per heavy atom. The van der Waals surface area contributed by atoms with E-state index < -0.39 is 0 Å². The van der Waals surface area contributed by atoms with E-state index >= 15 is 0 Å². The van der Waals surface area contributed by atoms with Gasteiger partial charge in [0, 0.05) is 11.5 Å². The first-order valence-electron chi connectivity index (χ1n) is 9.04. The highest BCUT2D eigenvalue weighted by Gasteiger charge is 2.32. The lowest BCUT2D eigenvalue weighted by molar-refractivity contribution is -0.126. The van der Waals surface area contributed by atoms with Gasteiger partial charge in [0.25, 0.3) is 0 Å². The van der Waals surface area contributed by atoms with E-state index in [4.69, 9.17) is 10.7 Å². The summed E-state index contributed by atoms with van der Waals surface area (Å²) in [4.78, 5) is 18.5. The summed E-state index contributed by atoms with van der Waals surface area (Å²) in [6, 6.07) is 8.38. The number of thiazole rings is 1. The highest BCUT2D eigenvalue weighted by Crippen LogP contribution is 2.34. The summed E-state index contributed by atoms with van der Waals surface area (Å²) in [6.07, 6.45) is 3.13. The number of nitrogens with two attached hydrogens (primary N) is 1. The van der Waals surface area contributed by atoms with Crippen molar-refractivity contribution in [1.29, 1.82) is 0 Å². The van der Waals surface area contributed by atoms with Crippen molar-refractivity contribution in [2.45, 2.75) is 46.1 Å². The fourth-order valence-electron chi connectivity index (χ4n) is 3.68. The van der Waals surface area contributed by atoms with Crippen molar-refractivity contribution < 1.29 is 4.79 Å². The molecule has 0 bridgehead atoms. The minimum Gasteiger partial charge on any atom is -0.348 e. The van der Waals surface area contributed by atoms with Gasteiger partial charge in [-0.3, -0.25) is 4.79 Å². The molecule has 25 heavy (non-hydrogen) atoms. The number of carbonyl (C=O) groups is 1. The zero-order valence-corrected chi connectivity index (χ0v) is 16.0. The highest BCUT2D eigenvalue weighted by atomic mass is 32.1. The normalized spacial score (nSPS) is 21.3. The SMILES string of the molecule is Cc1ccc(-c2nc(C)c(C(C)NC(=O)[C@@H]3CCC[C@@H]3CN)s2)cc1. The Bertz CT molecular complexity index is 738. The third-order valence-corrected chi connectivity index (χ3v) is 6.57. The third kappa shape index (κ3) is 3.93. The van der Waals surface area contributed by atoms with Crippen LogP contribution in [0, 0.1) is 25.7 Å². The molecule has 3 atom stereocenters. The molecule has 0 aliphatic heterocycles. The van der Waals surface area contributed by atoms with Crippen LogP contribution >= 0.6 is 11.3 Å². The summed E-state index contributed by atoms with van der Waals surface area (Å²) in [6.45, 7) is 6.75. The largest absolute Gasteiger partial charge is 0.348 e. The summed E-state index contributed by atoms with van der Waals surface area (Å²) in [7, 11) is 0. The van der Waals surface area contributed by atoms with Gasteiger partial charge in [-0.05, 0) is 46.1 Å². The molecule has 4 nitrogen and oxygen atoms in total. The second-order valence-electron chi connectivity index (χ2n) is 7.10. The highest BCUT2D eigenvalue weighted by molar-refractivity contribution is 7.15. The maximum Gasteiger partial charge on any atom is 0.223 e. The molecule has 1 aromatic heterocycles. The van der Waals surface area contributed by atoms with Gasteiger partial charge in [-0.25, -0.2) is 4.98 Å². The molecular weight excluding hydrogens is 330 g/mol. The number of aromatic nitrogens is 1. The third-order valence-electron chi connectivity index (χ3n) is 5.18. The van der Waals surface area contributed by atoms with Crippen molar-refractivity contribution in [3.05, 3.63) is 40.4 Å². The van der Waals surface area contributed by atoms with Crippen LogP contribution in [-0.4, -0.2) is 17.4 Å². The van der Waals surface area contributed by atoms with Gasteiger partial charge in [-0.15, -0.1) is 11.3 Å². The summed E-state index contributed by atoms with van der Waals surface area (Å²) in [5.41, 5.74) is 9.18. The number of rotatable bonds is 5. The van der Waals surface area contributed by atoms with Gasteiger partial charge >= 0.3 is 0 Å². The number of hydrogen-bond acceptors (Lipinski definition) is 4. The van der Waals surface area contributed by atoms with Crippen LogP contribution in [-0.2, 0) is 4.79 Å². The molecule has 0 saturated heterocycles. The number of aryl methyl sites for hydroxylation is 2. The number of amides is 1. The molecule has 1 aliphatic rings. The Kier molecular flexibility index (Phi) is 5.54. The first-order valence-corrected chi connectivity index (χ1v) is 9.86. The van der Waals surface area contributed by atoms with Crippen LogP contribution in [0.4, 0.5) is 0 Å². The Morgan fingerprint density at radius 2 is 2.04 bits per heavy atom. The standard InChI is InChI=1S/C20H27N3OS/c1-12-7-9-15(10-8-12)20-23-14(3)18(25-20)13(2)22-19(24)17-6-4-5-16(17)11-21/h7-10,13,16-17H,4-6,11,21H2,1-3H3,(H,22,24)/t13?,16-,17-/m1/s1. The summed E-state index contributed by atoms with van der Waals surface area (Å²) < 4.78 is 0. The van der Waals surface area contributed by atoms with Crippen LogP contribution in [0.15, 0.2) is 24.3 Å². The molecule has 3 N–H and O–H groups in total. The van der Waals surface area contributed by atoms with E-state index in [1.165, 1.54) is 5.56 Å². The van der Waals surface area contributed by atoms with Crippen molar-refractivity contribution in [3.63, 3.8) is 0 Å². The molecule has 0 radical (unpaired) electrons. The lowest BCUT2D eigenvalue weighted by atomic mass is 9.95. The monoisotopic (exact) mass is 357 g/mol. The predicted molar refractivity (Wildman–Crippen MR) is 103 cm³/mol. The second-order valence-corrected chi connectivity index (χ2v) is 8.13.